The Bertz CT molecular complexity index is 395. The van der Waals surface area contributed by atoms with E-state index in [1.807, 2.05) is 27.7 Å². The van der Waals surface area contributed by atoms with E-state index in [0.29, 0.717) is 0 Å². The van der Waals surface area contributed by atoms with Gasteiger partial charge in [-0.15, -0.1) is 4.72 Å². The lowest BCUT2D eigenvalue weighted by Crippen LogP contribution is -2.40. The SMILES string of the molecule is C[C@H](N[S+]([O-])C(C)(C)C)c1cc(F)ccc1I. The van der Waals surface area contributed by atoms with E-state index in [2.05, 4.69) is 27.3 Å². The minimum atomic E-state index is -1.16. The van der Waals surface area contributed by atoms with Crippen molar-refractivity contribution in [3.63, 3.8) is 0 Å². The van der Waals surface area contributed by atoms with Crippen LogP contribution in [0.1, 0.15) is 39.3 Å². The number of rotatable bonds is 3. The van der Waals surface area contributed by atoms with Crippen molar-refractivity contribution in [1.82, 2.24) is 4.72 Å². The third-order valence-corrected chi connectivity index (χ3v) is 4.93. The van der Waals surface area contributed by atoms with Crippen LogP contribution in [-0.4, -0.2) is 9.30 Å². The molecular weight excluding hydrogens is 352 g/mol. The first-order valence-electron chi connectivity index (χ1n) is 5.35. The fourth-order valence-corrected chi connectivity index (χ4v) is 2.85. The van der Waals surface area contributed by atoms with Gasteiger partial charge in [0, 0.05) is 14.9 Å². The summed E-state index contributed by atoms with van der Waals surface area (Å²) in [6, 6.07) is 4.50. The molecule has 5 heteroatoms. The molecule has 1 rings (SSSR count). The summed E-state index contributed by atoms with van der Waals surface area (Å²) in [4.78, 5) is 0. The third-order valence-electron chi connectivity index (χ3n) is 2.26. The lowest BCUT2D eigenvalue weighted by molar-refractivity contribution is 0.530. The second-order valence-corrected chi connectivity index (χ2v) is 8.05. The topological polar surface area (TPSA) is 35.1 Å². The maximum atomic E-state index is 13.2. The quantitative estimate of drug-likeness (QED) is 0.654. The molecule has 1 aromatic rings. The molecule has 1 unspecified atom stereocenters. The van der Waals surface area contributed by atoms with Crippen LogP contribution in [0.25, 0.3) is 0 Å². The van der Waals surface area contributed by atoms with E-state index in [9.17, 15) is 8.94 Å². The Labute approximate surface area is 119 Å². The average molecular weight is 369 g/mol. The highest BCUT2D eigenvalue weighted by Gasteiger charge is 2.28. The highest BCUT2D eigenvalue weighted by molar-refractivity contribution is 14.1. The van der Waals surface area contributed by atoms with Crippen LogP contribution in [0.2, 0.25) is 0 Å². The maximum absolute atomic E-state index is 13.2. The lowest BCUT2D eigenvalue weighted by Gasteiger charge is -2.26. The zero-order chi connectivity index (χ0) is 13.2. The summed E-state index contributed by atoms with van der Waals surface area (Å²) >= 11 is 0.996. The van der Waals surface area contributed by atoms with Crippen molar-refractivity contribution in [3.05, 3.63) is 33.1 Å². The first kappa shape index (κ1) is 15.2. The fraction of sp³-hybridized carbons (Fsp3) is 0.500. The molecule has 0 aliphatic carbocycles. The van der Waals surface area contributed by atoms with Crippen molar-refractivity contribution in [2.75, 3.05) is 0 Å². The van der Waals surface area contributed by atoms with E-state index in [-0.39, 0.29) is 16.6 Å². The molecular formula is C12H17FINOS. The van der Waals surface area contributed by atoms with E-state index in [0.717, 1.165) is 9.13 Å². The number of halogens is 2. The van der Waals surface area contributed by atoms with Gasteiger partial charge in [-0.1, -0.05) is 0 Å². The minimum absolute atomic E-state index is 0.141. The molecule has 0 radical (unpaired) electrons. The number of hydrogen-bond acceptors (Lipinski definition) is 2. The van der Waals surface area contributed by atoms with Crippen molar-refractivity contribution in [2.24, 2.45) is 0 Å². The lowest BCUT2D eigenvalue weighted by atomic mass is 10.1. The zero-order valence-electron chi connectivity index (χ0n) is 10.4. The number of hydrogen-bond donors (Lipinski definition) is 1. The molecule has 0 amide bonds. The van der Waals surface area contributed by atoms with Gasteiger partial charge >= 0.3 is 0 Å². The van der Waals surface area contributed by atoms with Gasteiger partial charge in [-0.05, 0) is 74.0 Å². The summed E-state index contributed by atoms with van der Waals surface area (Å²) in [5.74, 6) is -0.268. The summed E-state index contributed by atoms with van der Waals surface area (Å²) in [6.45, 7) is 7.60. The Morgan fingerprint density at radius 2 is 2.00 bits per heavy atom. The van der Waals surface area contributed by atoms with Crippen molar-refractivity contribution < 1.29 is 8.94 Å². The van der Waals surface area contributed by atoms with Crippen LogP contribution in [0, 0.1) is 9.39 Å². The smallest absolute Gasteiger partial charge is 0.136 e. The van der Waals surface area contributed by atoms with Gasteiger partial charge in [0.2, 0.25) is 0 Å². The van der Waals surface area contributed by atoms with Crippen LogP contribution >= 0.6 is 22.6 Å². The molecule has 1 aromatic carbocycles. The number of benzene rings is 1. The van der Waals surface area contributed by atoms with Gasteiger partial charge in [0.1, 0.15) is 10.6 Å². The van der Waals surface area contributed by atoms with Crippen molar-refractivity contribution >= 4 is 34.0 Å². The molecule has 0 aromatic heterocycles. The Hall–Kier alpha value is 0.150. The van der Waals surface area contributed by atoms with Crippen LogP contribution in [0.15, 0.2) is 18.2 Å². The fourth-order valence-electron chi connectivity index (χ4n) is 1.25. The van der Waals surface area contributed by atoms with E-state index < -0.39 is 11.4 Å². The normalized spacial score (nSPS) is 15.7. The van der Waals surface area contributed by atoms with Gasteiger partial charge in [0.05, 0.1) is 6.04 Å². The van der Waals surface area contributed by atoms with Crippen LogP contribution in [0.5, 0.6) is 0 Å². The van der Waals surface area contributed by atoms with Gasteiger partial charge < -0.3 is 4.55 Å². The minimum Gasteiger partial charge on any atom is -0.598 e. The highest BCUT2D eigenvalue weighted by atomic mass is 127. The molecule has 96 valence electrons. The first-order valence-corrected chi connectivity index (χ1v) is 7.57. The Morgan fingerprint density at radius 1 is 1.41 bits per heavy atom. The molecule has 0 heterocycles. The molecule has 0 aliphatic heterocycles. The van der Waals surface area contributed by atoms with Gasteiger partial charge in [0.25, 0.3) is 0 Å². The summed E-state index contributed by atoms with van der Waals surface area (Å²) in [5.41, 5.74) is 0.836. The zero-order valence-corrected chi connectivity index (χ0v) is 13.4. The average Bonchev–Trinajstić information content (AvgIpc) is 2.20. The molecule has 2 nitrogen and oxygen atoms in total. The standard InChI is InChI=1S/C12H17FINOS/c1-8(15-17(16)12(2,3)4)10-7-9(13)5-6-11(10)14/h5-8,15H,1-4H3/t8-,17?/m0/s1. The van der Waals surface area contributed by atoms with Crippen molar-refractivity contribution in [2.45, 2.75) is 38.5 Å². The molecule has 0 saturated heterocycles. The predicted octanol–water partition coefficient (Wildman–Crippen LogP) is 3.54. The second-order valence-electron chi connectivity index (χ2n) is 4.89. The number of nitrogens with one attached hydrogen (secondary N) is 1. The summed E-state index contributed by atoms with van der Waals surface area (Å²) in [6.07, 6.45) is 0. The molecule has 0 spiro atoms. The Kier molecular flexibility index (Phi) is 5.24. The third kappa shape index (κ3) is 4.39. The highest BCUT2D eigenvalue weighted by Crippen LogP contribution is 2.24. The van der Waals surface area contributed by atoms with Crippen LogP contribution < -0.4 is 4.72 Å². The summed E-state index contributed by atoms with van der Waals surface area (Å²) < 4.78 is 28.8. The largest absolute Gasteiger partial charge is 0.598 e. The molecule has 0 fully saturated rings. The first-order chi connectivity index (χ1) is 7.71. The van der Waals surface area contributed by atoms with Crippen LogP contribution in [0.3, 0.4) is 0 Å². The van der Waals surface area contributed by atoms with Gasteiger partial charge in [0.15, 0.2) is 0 Å². The van der Waals surface area contributed by atoms with Crippen molar-refractivity contribution in [3.8, 4) is 0 Å². The van der Waals surface area contributed by atoms with E-state index in [1.165, 1.54) is 12.1 Å². The monoisotopic (exact) mass is 369 g/mol. The Morgan fingerprint density at radius 3 is 2.53 bits per heavy atom. The van der Waals surface area contributed by atoms with Gasteiger partial charge in [-0.25, -0.2) is 4.39 Å². The van der Waals surface area contributed by atoms with E-state index in [1.54, 1.807) is 6.07 Å². The molecule has 2 atom stereocenters. The molecule has 0 aliphatic rings. The van der Waals surface area contributed by atoms with Gasteiger partial charge in [-0.3, -0.25) is 0 Å². The second kappa shape index (κ2) is 5.86. The van der Waals surface area contributed by atoms with Gasteiger partial charge in [-0.2, -0.15) is 0 Å². The van der Waals surface area contributed by atoms with Crippen LogP contribution in [0.4, 0.5) is 4.39 Å². The summed E-state index contributed by atoms with van der Waals surface area (Å²) in [7, 11) is 0. The molecule has 0 saturated carbocycles. The Balaban J connectivity index is 2.83. The van der Waals surface area contributed by atoms with Crippen molar-refractivity contribution in [1.29, 1.82) is 0 Å². The molecule has 1 N–H and O–H groups in total. The maximum Gasteiger partial charge on any atom is 0.136 e. The van der Waals surface area contributed by atoms with Crippen LogP contribution in [-0.2, 0) is 11.4 Å². The summed E-state index contributed by atoms with van der Waals surface area (Å²) in [5, 5.41) is 0. The van der Waals surface area contributed by atoms with E-state index >= 15 is 0 Å². The molecule has 0 bridgehead atoms. The molecule has 17 heavy (non-hydrogen) atoms. The van der Waals surface area contributed by atoms with E-state index in [4.69, 9.17) is 0 Å². The predicted molar refractivity (Wildman–Crippen MR) is 78.6 cm³/mol.